The SMILES string of the molecule is COc1c2cc(C(C)(C)C)cc1Cc1cc(C(C)(C)C)cc(c1OCC(=O)N[C@@H](C)c1ccccc1)Cc1cc(C(C)(C)C)cc(c1OC)Cc1cc(C(C)(C)C)cc(c1OCC(=O)N[C@@H](C)c1ccccc1)Cc1cc(C(C)(C)C)cc(c1OC)Cc1cc(C(C)(C)C)cc(c1OCC(=O)N[C@@H](C)c1ccccc1)C2. The van der Waals surface area contributed by atoms with Crippen LogP contribution in [0.15, 0.2) is 164 Å². The van der Waals surface area contributed by atoms with Crippen molar-refractivity contribution >= 4 is 17.7 Å². The van der Waals surface area contributed by atoms with Gasteiger partial charge in [-0.05, 0) is 170 Å². The molecule has 1 aliphatic rings. The van der Waals surface area contributed by atoms with Gasteiger partial charge < -0.3 is 44.4 Å². The second-order valence-corrected chi connectivity index (χ2v) is 36.9. The Labute approximate surface area is 663 Å². The molecule has 12 nitrogen and oxygen atoms in total. The Balaban J connectivity index is 1.30. The lowest BCUT2D eigenvalue weighted by Crippen LogP contribution is -2.31. The lowest BCUT2D eigenvalue weighted by molar-refractivity contribution is -0.124. The molecule has 3 amide bonds. The fraction of sp³-hybridized carbons (Fsp3) is 0.424. The van der Waals surface area contributed by atoms with Gasteiger partial charge in [0.25, 0.3) is 17.7 Å². The molecule has 0 spiro atoms. The van der Waals surface area contributed by atoms with Gasteiger partial charge in [-0.1, -0.05) is 288 Å². The van der Waals surface area contributed by atoms with Crippen LogP contribution in [-0.4, -0.2) is 58.9 Å². The lowest BCUT2D eigenvalue weighted by atomic mass is 9.79. The summed E-state index contributed by atoms with van der Waals surface area (Å²) in [7, 11) is 5.26. The Bertz CT molecular complexity index is 4170. The largest absolute Gasteiger partial charge is 0.496 e. The molecule has 9 aromatic carbocycles. The van der Waals surface area contributed by atoms with Gasteiger partial charge in [0.2, 0.25) is 0 Å². The average Bonchev–Trinajstić information content (AvgIpc) is 0.768. The van der Waals surface area contributed by atoms with E-state index < -0.39 is 0 Å². The van der Waals surface area contributed by atoms with Gasteiger partial charge in [0.1, 0.15) is 34.5 Å². The molecular weight excluding hydrogens is 1380 g/mol. The summed E-state index contributed by atoms with van der Waals surface area (Å²) < 4.78 is 42.2. The summed E-state index contributed by atoms with van der Waals surface area (Å²) in [5.74, 6) is 3.13. The number of methoxy groups -OCH3 is 3. The summed E-state index contributed by atoms with van der Waals surface area (Å²) in [6, 6.07) is 56.3. The van der Waals surface area contributed by atoms with E-state index in [2.05, 4.69) is 213 Å². The summed E-state index contributed by atoms with van der Waals surface area (Å²) in [4.78, 5) is 43.9. The number of fused-ring (bicyclic) bond motifs is 12. The molecule has 0 aliphatic heterocycles. The van der Waals surface area contributed by atoms with Crippen molar-refractivity contribution in [3.05, 3.63) is 281 Å². The normalized spacial score (nSPS) is 13.8. The van der Waals surface area contributed by atoms with E-state index in [4.69, 9.17) is 28.4 Å². The van der Waals surface area contributed by atoms with Gasteiger partial charge in [-0.2, -0.15) is 0 Å². The number of hydrogen-bond donors (Lipinski definition) is 3. The first-order valence-corrected chi connectivity index (χ1v) is 39.6. The van der Waals surface area contributed by atoms with Crippen LogP contribution in [0, 0.1) is 0 Å². The number of amides is 3. The second kappa shape index (κ2) is 34.0. The zero-order valence-corrected chi connectivity index (χ0v) is 70.9. The highest BCUT2D eigenvalue weighted by atomic mass is 16.5. The highest BCUT2D eigenvalue weighted by molar-refractivity contribution is 5.79. The van der Waals surface area contributed by atoms with Gasteiger partial charge in [0.15, 0.2) is 19.8 Å². The number of rotatable bonds is 18. The maximum absolute atomic E-state index is 14.6. The number of ether oxygens (including phenoxy) is 6. The van der Waals surface area contributed by atoms with Crippen molar-refractivity contribution < 1.29 is 42.8 Å². The highest BCUT2D eigenvalue weighted by Crippen LogP contribution is 2.47. The zero-order chi connectivity index (χ0) is 80.9. The first-order chi connectivity index (χ1) is 52.1. The Morgan fingerprint density at radius 3 is 0.568 bits per heavy atom. The van der Waals surface area contributed by atoms with E-state index in [0.717, 1.165) is 117 Å². The summed E-state index contributed by atoms with van der Waals surface area (Å²) in [6.07, 6.45) is 2.17. The van der Waals surface area contributed by atoms with Gasteiger partial charge >= 0.3 is 0 Å². The van der Waals surface area contributed by atoms with E-state index in [0.29, 0.717) is 73.0 Å². The number of hydrogen-bond acceptors (Lipinski definition) is 9. The molecule has 588 valence electrons. The molecule has 3 N–H and O–H groups in total. The van der Waals surface area contributed by atoms with Crippen molar-refractivity contribution in [2.75, 3.05) is 41.2 Å². The van der Waals surface area contributed by atoms with Crippen LogP contribution in [0.2, 0.25) is 0 Å². The monoisotopic (exact) mass is 1500 g/mol. The van der Waals surface area contributed by atoms with Crippen LogP contribution < -0.4 is 44.4 Å². The van der Waals surface area contributed by atoms with Gasteiger partial charge in [-0.25, -0.2) is 0 Å². The summed E-state index contributed by atoms with van der Waals surface area (Å²) in [5, 5.41) is 9.74. The second-order valence-electron chi connectivity index (χ2n) is 36.9. The van der Waals surface area contributed by atoms with Crippen molar-refractivity contribution in [3.63, 3.8) is 0 Å². The van der Waals surface area contributed by atoms with E-state index in [9.17, 15) is 14.4 Å². The Morgan fingerprint density at radius 2 is 0.423 bits per heavy atom. The summed E-state index contributed by atoms with van der Waals surface area (Å²) in [6.45, 7) is 45.5. The van der Waals surface area contributed by atoms with E-state index in [1.54, 1.807) is 21.3 Å². The maximum Gasteiger partial charge on any atom is 0.258 e. The van der Waals surface area contributed by atoms with Gasteiger partial charge in [-0.15, -0.1) is 0 Å². The minimum absolute atomic E-state index is 0.259. The molecule has 0 unspecified atom stereocenters. The Kier molecular flexibility index (Phi) is 25.6. The maximum atomic E-state index is 14.6. The third-order valence-corrected chi connectivity index (χ3v) is 21.6. The first kappa shape index (κ1) is 83.7. The topological polar surface area (TPSA) is 143 Å². The third-order valence-electron chi connectivity index (χ3n) is 21.6. The van der Waals surface area contributed by atoms with Gasteiger partial charge in [0.05, 0.1) is 39.5 Å². The minimum atomic E-state index is -0.359. The van der Waals surface area contributed by atoms with Crippen LogP contribution in [0.1, 0.15) is 280 Å². The van der Waals surface area contributed by atoms with Crippen LogP contribution in [-0.2, 0) is 85.4 Å². The van der Waals surface area contributed by atoms with Gasteiger partial charge in [-0.3, -0.25) is 14.4 Å². The molecule has 0 aromatic heterocycles. The van der Waals surface area contributed by atoms with E-state index >= 15 is 0 Å². The number of carbonyl (C=O) groups is 3. The van der Waals surface area contributed by atoms with E-state index in [1.165, 1.54) is 0 Å². The van der Waals surface area contributed by atoms with E-state index in [1.807, 2.05) is 112 Å². The summed E-state index contributed by atoms with van der Waals surface area (Å²) in [5.41, 5.74) is 18.3. The fourth-order valence-corrected chi connectivity index (χ4v) is 15.0. The van der Waals surface area contributed by atoms with Crippen LogP contribution >= 0.6 is 0 Å². The van der Waals surface area contributed by atoms with Gasteiger partial charge in [0, 0.05) is 38.5 Å². The molecule has 0 radical (unpaired) electrons. The van der Waals surface area contributed by atoms with Crippen molar-refractivity contribution in [1.82, 2.24) is 16.0 Å². The highest BCUT2D eigenvalue weighted by Gasteiger charge is 2.33. The van der Waals surface area contributed by atoms with Crippen LogP contribution in [0.4, 0.5) is 0 Å². The summed E-state index contributed by atoms with van der Waals surface area (Å²) >= 11 is 0. The first-order valence-electron chi connectivity index (χ1n) is 39.6. The van der Waals surface area contributed by atoms with Crippen LogP contribution in [0.25, 0.3) is 0 Å². The van der Waals surface area contributed by atoms with Crippen molar-refractivity contribution in [1.29, 1.82) is 0 Å². The quantitative estimate of drug-likeness (QED) is 0.0765. The number of carbonyl (C=O) groups excluding carboxylic acids is 3. The molecular formula is C99H123N3O9. The standard InChI is InChI=1S/C99H123N3O9/c1-61(64-34-28-25-29-35-64)100-85(103)58-109-91-73-40-67-46-79(94(4,5)6)48-69(88(67)106-22)42-75-54-83(98(16,17)18)56-77(92(75)110-59-86(104)101-62(2)65-36-30-26-31-37-65)44-71-50-81(96(10,11)12)51-72(90(71)108-24)45-78-57-84(99(19,20)21)55-76(93(78)111-60-87(105)102-63(3)66-38-32-27-33-39-66)43-70-49-80(95(7,8)9)47-68(89(70)107-23)41-74(91)53-82(52-73)97(13,14)15/h25-39,46-57,61-63H,40-45,58-60H2,1-24H3,(H,100,103)(H,101,104)(H,102,105)/t61-,62-,63-/m0/s1. The van der Waals surface area contributed by atoms with Crippen molar-refractivity contribution in [2.24, 2.45) is 0 Å². The number of benzene rings is 9. The minimum Gasteiger partial charge on any atom is -0.496 e. The molecule has 0 fully saturated rings. The lowest BCUT2D eigenvalue weighted by Gasteiger charge is -2.29. The van der Waals surface area contributed by atoms with Crippen molar-refractivity contribution in [2.45, 2.75) is 235 Å². The molecule has 12 heteroatoms. The molecule has 111 heavy (non-hydrogen) atoms. The zero-order valence-electron chi connectivity index (χ0n) is 70.9. The Hall–Kier alpha value is -9.81. The van der Waals surface area contributed by atoms with E-state index in [-0.39, 0.29) is 88.2 Å². The molecule has 0 saturated carbocycles. The average molecular weight is 1500 g/mol. The Morgan fingerprint density at radius 1 is 0.270 bits per heavy atom. The molecule has 0 saturated heterocycles. The molecule has 3 atom stereocenters. The molecule has 9 aromatic rings. The molecule has 0 heterocycles. The molecule has 1 aliphatic carbocycles. The van der Waals surface area contributed by atoms with Crippen molar-refractivity contribution in [3.8, 4) is 34.5 Å². The van der Waals surface area contributed by atoms with Crippen LogP contribution in [0.5, 0.6) is 34.5 Å². The predicted octanol–water partition coefficient (Wildman–Crippen LogP) is 21.1. The number of nitrogens with one attached hydrogen (secondary N) is 3. The van der Waals surface area contributed by atoms with Crippen LogP contribution in [0.3, 0.4) is 0 Å². The smallest absolute Gasteiger partial charge is 0.258 e. The molecule has 12 bridgehead atoms. The fourth-order valence-electron chi connectivity index (χ4n) is 15.0. The molecule has 10 rings (SSSR count). The third kappa shape index (κ3) is 20.9. The predicted molar refractivity (Wildman–Crippen MR) is 453 cm³/mol.